The lowest BCUT2D eigenvalue weighted by Gasteiger charge is -2.37. The Morgan fingerprint density at radius 3 is 2.45 bits per heavy atom. The molecule has 22 heavy (non-hydrogen) atoms. The van der Waals surface area contributed by atoms with Gasteiger partial charge in [-0.15, -0.1) is 0 Å². The van der Waals surface area contributed by atoms with Gasteiger partial charge in [0.15, 0.2) is 0 Å². The quantitative estimate of drug-likeness (QED) is 0.921. The molecule has 0 aromatic heterocycles. The second-order valence-corrected chi connectivity index (χ2v) is 5.95. The highest BCUT2D eigenvalue weighted by Gasteiger charge is 2.42. The van der Waals surface area contributed by atoms with E-state index in [0.717, 1.165) is 5.56 Å². The molecule has 0 bridgehead atoms. The summed E-state index contributed by atoms with van der Waals surface area (Å²) in [6, 6.07) is 6.82. The average Bonchev–Trinajstić information content (AvgIpc) is 2.46. The molecule has 120 valence electrons. The van der Waals surface area contributed by atoms with Crippen LogP contribution in [0.5, 0.6) is 0 Å². The molecule has 7 heteroatoms. The van der Waals surface area contributed by atoms with E-state index in [-0.39, 0.29) is 25.2 Å². The highest BCUT2D eigenvalue weighted by atomic mass is 35.5. The number of Topliss-reactive ketones (excluding diaryl/α,β-unsaturated/α-hetero) is 1. The second-order valence-electron chi connectivity index (χ2n) is 5.51. The first-order chi connectivity index (χ1) is 10.2. The van der Waals surface area contributed by atoms with Gasteiger partial charge in [0.1, 0.15) is 5.78 Å². The lowest BCUT2D eigenvalue weighted by atomic mass is 9.69. The summed E-state index contributed by atoms with van der Waals surface area (Å²) in [5, 5.41) is 2.42. The first-order valence-corrected chi connectivity index (χ1v) is 7.23. The zero-order valence-corrected chi connectivity index (χ0v) is 12.4. The lowest BCUT2D eigenvalue weighted by molar-refractivity contribution is -0.173. The number of nitrogens with one attached hydrogen (secondary N) is 1. The molecule has 1 fully saturated rings. The Balaban J connectivity index is 2.23. The number of ketones is 1. The lowest BCUT2D eigenvalue weighted by Crippen LogP contribution is -2.47. The van der Waals surface area contributed by atoms with Crippen molar-refractivity contribution in [1.82, 2.24) is 5.32 Å². The third-order valence-corrected chi connectivity index (χ3v) is 4.28. The molecule has 1 aromatic carbocycles. The van der Waals surface area contributed by atoms with Gasteiger partial charge in [0.05, 0.1) is 0 Å². The molecule has 0 saturated heterocycles. The zero-order chi connectivity index (χ0) is 16.4. The predicted octanol–water partition coefficient (Wildman–Crippen LogP) is 3.40. The van der Waals surface area contributed by atoms with Crippen LogP contribution in [0.4, 0.5) is 13.2 Å². The van der Waals surface area contributed by atoms with Crippen molar-refractivity contribution in [2.75, 3.05) is 6.54 Å². The number of alkyl halides is 3. The van der Waals surface area contributed by atoms with Crippen molar-refractivity contribution in [3.8, 4) is 0 Å². The summed E-state index contributed by atoms with van der Waals surface area (Å²) in [6.07, 6.45) is -3.56. The summed E-state index contributed by atoms with van der Waals surface area (Å²) in [7, 11) is 0. The van der Waals surface area contributed by atoms with Gasteiger partial charge in [-0.3, -0.25) is 9.59 Å². The summed E-state index contributed by atoms with van der Waals surface area (Å²) in [6.45, 7) is -0.168. The summed E-state index contributed by atoms with van der Waals surface area (Å²) >= 11 is 5.96. The molecule has 0 unspecified atom stereocenters. The summed E-state index contributed by atoms with van der Waals surface area (Å²) in [4.78, 5) is 22.5. The Morgan fingerprint density at radius 1 is 1.27 bits per heavy atom. The highest BCUT2D eigenvalue weighted by molar-refractivity contribution is 6.30. The Hall–Kier alpha value is -1.56. The van der Waals surface area contributed by atoms with Crippen LogP contribution in [0.2, 0.25) is 5.02 Å². The highest BCUT2D eigenvalue weighted by Crippen LogP contribution is 2.38. The van der Waals surface area contributed by atoms with Crippen LogP contribution < -0.4 is 5.32 Å². The van der Waals surface area contributed by atoms with E-state index in [0.29, 0.717) is 17.9 Å². The molecular weight excluding hydrogens is 319 g/mol. The number of hydrogen-bond acceptors (Lipinski definition) is 2. The molecule has 1 N–H and O–H groups in total. The van der Waals surface area contributed by atoms with E-state index in [1.54, 1.807) is 24.3 Å². The number of carbonyl (C=O) groups is 2. The topological polar surface area (TPSA) is 46.2 Å². The van der Waals surface area contributed by atoms with E-state index in [1.165, 1.54) is 0 Å². The molecule has 0 heterocycles. The Morgan fingerprint density at radius 2 is 1.91 bits per heavy atom. The van der Waals surface area contributed by atoms with Gasteiger partial charge in [-0.25, -0.2) is 0 Å². The number of hydrogen-bond donors (Lipinski definition) is 1. The molecule has 1 amide bonds. The summed E-state index contributed by atoms with van der Waals surface area (Å²) in [5.41, 5.74) is 0.0506. The molecule has 1 saturated carbocycles. The number of benzene rings is 1. The minimum Gasteiger partial charge on any atom is -0.347 e. The van der Waals surface area contributed by atoms with Gasteiger partial charge < -0.3 is 5.32 Å². The normalized spacial score (nSPS) is 18.1. The minimum atomic E-state index is -4.92. The van der Waals surface area contributed by atoms with E-state index in [4.69, 9.17) is 11.6 Å². The molecule has 0 radical (unpaired) electrons. The van der Waals surface area contributed by atoms with Crippen LogP contribution in [-0.4, -0.2) is 24.4 Å². The maximum atomic E-state index is 12.4. The van der Waals surface area contributed by atoms with Crippen molar-refractivity contribution in [2.24, 2.45) is 0 Å². The summed E-state index contributed by atoms with van der Waals surface area (Å²) in [5.74, 6) is -1.88. The van der Waals surface area contributed by atoms with Crippen molar-refractivity contribution < 1.29 is 22.8 Å². The van der Waals surface area contributed by atoms with Crippen LogP contribution in [0.3, 0.4) is 0 Å². The van der Waals surface area contributed by atoms with Crippen molar-refractivity contribution in [1.29, 1.82) is 0 Å². The van der Waals surface area contributed by atoms with E-state index >= 15 is 0 Å². The van der Waals surface area contributed by atoms with Crippen LogP contribution in [-0.2, 0) is 15.0 Å². The van der Waals surface area contributed by atoms with E-state index in [9.17, 15) is 22.8 Å². The van der Waals surface area contributed by atoms with Gasteiger partial charge in [-0.1, -0.05) is 23.7 Å². The standard InChI is InChI=1S/C15H15ClF3NO2/c16-11-3-1-2-10(8-11)14(6-4-12(21)5-7-14)9-20-13(22)15(17,18)19/h1-3,8H,4-7,9H2,(H,20,22). The average molecular weight is 334 g/mol. The SMILES string of the molecule is O=C1CCC(CNC(=O)C(F)(F)F)(c2cccc(Cl)c2)CC1. The van der Waals surface area contributed by atoms with Gasteiger partial charge in [0, 0.05) is 29.8 Å². The van der Waals surface area contributed by atoms with E-state index in [2.05, 4.69) is 0 Å². The molecule has 1 aliphatic carbocycles. The fourth-order valence-corrected chi connectivity index (χ4v) is 2.93. The second kappa shape index (κ2) is 6.28. The van der Waals surface area contributed by atoms with Gasteiger partial charge >= 0.3 is 12.1 Å². The number of halogens is 4. The fraction of sp³-hybridized carbons (Fsp3) is 0.467. The Kier molecular flexibility index (Phi) is 4.80. The predicted molar refractivity (Wildman–Crippen MR) is 75.7 cm³/mol. The number of amides is 1. The molecule has 0 atom stereocenters. The van der Waals surface area contributed by atoms with E-state index < -0.39 is 17.5 Å². The van der Waals surface area contributed by atoms with Crippen LogP contribution in [0.25, 0.3) is 0 Å². The Bertz CT molecular complexity index is 576. The summed E-state index contributed by atoms with van der Waals surface area (Å²) < 4.78 is 37.1. The van der Waals surface area contributed by atoms with Crippen LogP contribution in [0.1, 0.15) is 31.2 Å². The molecule has 3 nitrogen and oxygen atoms in total. The maximum Gasteiger partial charge on any atom is 0.471 e. The van der Waals surface area contributed by atoms with Gasteiger partial charge in [0.25, 0.3) is 0 Å². The zero-order valence-electron chi connectivity index (χ0n) is 11.7. The van der Waals surface area contributed by atoms with Gasteiger partial charge in [-0.2, -0.15) is 13.2 Å². The minimum absolute atomic E-state index is 0.0831. The van der Waals surface area contributed by atoms with Gasteiger partial charge in [-0.05, 0) is 30.5 Å². The molecule has 0 aliphatic heterocycles. The first kappa shape index (κ1) is 16.8. The van der Waals surface area contributed by atoms with Crippen LogP contribution in [0.15, 0.2) is 24.3 Å². The molecular formula is C15H15ClF3NO2. The van der Waals surface area contributed by atoms with Crippen LogP contribution >= 0.6 is 11.6 Å². The molecule has 1 aromatic rings. The van der Waals surface area contributed by atoms with Gasteiger partial charge in [0.2, 0.25) is 0 Å². The smallest absolute Gasteiger partial charge is 0.347 e. The number of rotatable bonds is 3. The largest absolute Gasteiger partial charge is 0.471 e. The van der Waals surface area contributed by atoms with E-state index in [1.807, 2.05) is 5.32 Å². The molecule has 1 aliphatic rings. The fourth-order valence-electron chi connectivity index (χ4n) is 2.74. The van der Waals surface area contributed by atoms with Crippen molar-refractivity contribution in [3.63, 3.8) is 0 Å². The molecule has 0 spiro atoms. The third-order valence-electron chi connectivity index (χ3n) is 4.05. The third kappa shape index (κ3) is 3.80. The first-order valence-electron chi connectivity index (χ1n) is 6.86. The molecule has 2 rings (SSSR count). The van der Waals surface area contributed by atoms with Crippen molar-refractivity contribution >= 4 is 23.3 Å². The van der Waals surface area contributed by atoms with Crippen molar-refractivity contribution in [3.05, 3.63) is 34.9 Å². The van der Waals surface area contributed by atoms with Crippen molar-refractivity contribution in [2.45, 2.75) is 37.3 Å². The Labute approximate surface area is 130 Å². The number of carbonyl (C=O) groups excluding carboxylic acids is 2. The monoisotopic (exact) mass is 333 g/mol. The van der Waals surface area contributed by atoms with Crippen LogP contribution in [0, 0.1) is 0 Å². The maximum absolute atomic E-state index is 12.4.